The molecular formula is C22H25N3O4S. The van der Waals surface area contributed by atoms with Crippen molar-refractivity contribution in [3.8, 4) is 0 Å². The van der Waals surface area contributed by atoms with E-state index in [1.807, 2.05) is 19.9 Å². The molecule has 0 unspecified atom stereocenters. The zero-order chi connectivity index (χ0) is 21.7. The molecule has 3 N–H and O–H groups in total. The van der Waals surface area contributed by atoms with E-state index < -0.39 is 0 Å². The fraction of sp³-hybridized carbons (Fsp3) is 0.318. The number of rotatable bonds is 8. The van der Waals surface area contributed by atoms with Crippen molar-refractivity contribution < 1.29 is 19.1 Å². The fourth-order valence-electron chi connectivity index (χ4n) is 3.05. The van der Waals surface area contributed by atoms with Crippen LogP contribution in [0, 0.1) is 6.92 Å². The van der Waals surface area contributed by atoms with Gasteiger partial charge in [0.15, 0.2) is 0 Å². The summed E-state index contributed by atoms with van der Waals surface area (Å²) in [6.45, 7) is 4.71. The van der Waals surface area contributed by atoms with E-state index in [2.05, 4.69) is 10.3 Å². The van der Waals surface area contributed by atoms with Crippen LogP contribution in [0.3, 0.4) is 0 Å². The molecule has 0 fully saturated rings. The highest BCUT2D eigenvalue weighted by atomic mass is 32.1. The van der Waals surface area contributed by atoms with Crippen LogP contribution in [0.15, 0.2) is 30.3 Å². The summed E-state index contributed by atoms with van der Waals surface area (Å²) in [5, 5.41) is 3.58. The standard InChI is InChI=1S/C22H25N3O4S/c1-4-5-10-29-22(27)14-6-8-16(9-7-14)25-20(26)19-18(23)17-15(12-28-3)11-13(2)24-21(17)30-19/h6-9,11H,4-5,10,12,23H2,1-3H3,(H,25,26). The van der Waals surface area contributed by atoms with Crippen LogP contribution in [0.1, 0.15) is 51.1 Å². The van der Waals surface area contributed by atoms with Crippen molar-refractivity contribution in [2.75, 3.05) is 24.8 Å². The summed E-state index contributed by atoms with van der Waals surface area (Å²) >= 11 is 1.25. The molecule has 0 aliphatic carbocycles. The third kappa shape index (κ3) is 4.77. The zero-order valence-electron chi connectivity index (χ0n) is 17.3. The van der Waals surface area contributed by atoms with Gasteiger partial charge in [-0.2, -0.15) is 0 Å². The number of aromatic nitrogens is 1. The first-order chi connectivity index (χ1) is 14.4. The van der Waals surface area contributed by atoms with Crippen molar-refractivity contribution in [2.24, 2.45) is 0 Å². The number of carbonyl (C=O) groups excluding carboxylic acids is 2. The molecule has 2 heterocycles. The van der Waals surface area contributed by atoms with Crippen molar-refractivity contribution in [2.45, 2.75) is 33.3 Å². The van der Waals surface area contributed by atoms with Crippen LogP contribution in [-0.4, -0.2) is 30.6 Å². The van der Waals surface area contributed by atoms with Crippen LogP contribution >= 0.6 is 11.3 Å². The monoisotopic (exact) mass is 427 g/mol. The van der Waals surface area contributed by atoms with Gasteiger partial charge >= 0.3 is 5.97 Å². The molecule has 3 aromatic rings. The van der Waals surface area contributed by atoms with Gasteiger partial charge in [0.05, 0.1) is 24.5 Å². The summed E-state index contributed by atoms with van der Waals surface area (Å²) in [6, 6.07) is 8.49. The molecule has 158 valence electrons. The zero-order valence-corrected chi connectivity index (χ0v) is 18.1. The highest BCUT2D eigenvalue weighted by Crippen LogP contribution is 2.36. The summed E-state index contributed by atoms with van der Waals surface area (Å²) < 4.78 is 10.4. The number of nitrogens with two attached hydrogens (primary N) is 1. The number of nitrogens with one attached hydrogen (secondary N) is 1. The minimum atomic E-state index is -0.373. The number of benzene rings is 1. The molecule has 0 aliphatic rings. The fourth-order valence-corrected chi connectivity index (χ4v) is 4.13. The second-order valence-corrected chi connectivity index (χ2v) is 7.90. The highest BCUT2D eigenvalue weighted by Gasteiger charge is 2.20. The Morgan fingerprint density at radius 1 is 1.23 bits per heavy atom. The Bertz CT molecular complexity index is 1060. The highest BCUT2D eigenvalue weighted by molar-refractivity contribution is 7.21. The Kier molecular flexibility index (Phi) is 7.02. The van der Waals surface area contributed by atoms with Crippen molar-refractivity contribution in [1.29, 1.82) is 0 Å². The van der Waals surface area contributed by atoms with Gasteiger partial charge in [0, 0.05) is 23.9 Å². The second-order valence-electron chi connectivity index (χ2n) is 6.90. The Labute approximate surface area is 179 Å². The molecule has 0 bridgehead atoms. The molecule has 0 saturated heterocycles. The van der Waals surface area contributed by atoms with Gasteiger partial charge in [-0.25, -0.2) is 9.78 Å². The van der Waals surface area contributed by atoms with Gasteiger partial charge in [0.25, 0.3) is 5.91 Å². The minimum absolute atomic E-state index is 0.324. The normalized spacial score (nSPS) is 10.9. The molecule has 8 heteroatoms. The lowest BCUT2D eigenvalue weighted by atomic mass is 10.1. The van der Waals surface area contributed by atoms with Gasteiger partial charge in [-0.1, -0.05) is 13.3 Å². The molecule has 0 saturated carbocycles. The number of unbranched alkanes of at least 4 members (excludes halogenated alkanes) is 1. The smallest absolute Gasteiger partial charge is 0.338 e. The van der Waals surface area contributed by atoms with Gasteiger partial charge in [-0.15, -0.1) is 11.3 Å². The molecule has 3 rings (SSSR count). The number of ether oxygens (including phenoxy) is 2. The van der Waals surface area contributed by atoms with Crippen LogP contribution in [0.5, 0.6) is 0 Å². The topological polar surface area (TPSA) is 104 Å². The number of thiophene rings is 1. The largest absolute Gasteiger partial charge is 0.462 e. The Hall–Kier alpha value is -2.97. The molecular weight excluding hydrogens is 402 g/mol. The van der Waals surface area contributed by atoms with Gasteiger partial charge < -0.3 is 20.5 Å². The van der Waals surface area contributed by atoms with Crippen LogP contribution in [-0.2, 0) is 16.1 Å². The second kappa shape index (κ2) is 9.69. The summed E-state index contributed by atoms with van der Waals surface area (Å²) in [6.07, 6.45) is 1.79. The van der Waals surface area contributed by atoms with Crippen molar-refractivity contribution in [1.82, 2.24) is 4.98 Å². The number of pyridine rings is 1. The number of anilines is 2. The van der Waals surface area contributed by atoms with E-state index in [9.17, 15) is 9.59 Å². The van der Waals surface area contributed by atoms with Crippen LogP contribution in [0.2, 0.25) is 0 Å². The van der Waals surface area contributed by atoms with Crippen LogP contribution in [0.4, 0.5) is 11.4 Å². The first kappa shape index (κ1) is 21.7. The molecule has 30 heavy (non-hydrogen) atoms. The van der Waals surface area contributed by atoms with Crippen molar-refractivity contribution in [3.05, 3.63) is 52.0 Å². The first-order valence-corrected chi connectivity index (χ1v) is 10.5. The van der Waals surface area contributed by atoms with Crippen LogP contribution in [0.25, 0.3) is 10.2 Å². The third-order valence-electron chi connectivity index (χ3n) is 4.52. The van der Waals surface area contributed by atoms with E-state index in [0.717, 1.165) is 29.5 Å². The Balaban J connectivity index is 1.77. The lowest BCUT2D eigenvalue weighted by Gasteiger charge is -2.07. The molecule has 0 aliphatic heterocycles. The number of nitrogens with zero attached hydrogens (tertiary/aromatic N) is 1. The number of nitrogen functional groups attached to an aromatic ring is 1. The molecule has 0 radical (unpaired) electrons. The number of esters is 1. The predicted molar refractivity (Wildman–Crippen MR) is 119 cm³/mol. The number of methoxy groups -OCH3 is 1. The molecule has 1 aromatic carbocycles. The summed E-state index contributed by atoms with van der Waals surface area (Å²) in [7, 11) is 1.61. The average Bonchev–Trinajstić information content (AvgIpc) is 3.05. The maximum atomic E-state index is 12.8. The van der Waals surface area contributed by atoms with Crippen molar-refractivity contribution >= 4 is 44.8 Å². The van der Waals surface area contributed by atoms with E-state index in [0.29, 0.717) is 39.9 Å². The number of fused-ring (bicyclic) bond motifs is 1. The lowest BCUT2D eigenvalue weighted by molar-refractivity contribution is 0.0499. The Morgan fingerprint density at radius 3 is 2.63 bits per heavy atom. The molecule has 2 aromatic heterocycles. The van der Waals surface area contributed by atoms with Crippen LogP contribution < -0.4 is 11.1 Å². The van der Waals surface area contributed by atoms with Gasteiger partial charge in [0.2, 0.25) is 0 Å². The summed E-state index contributed by atoms with van der Waals surface area (Å²) in [4.78, 5) is 30.4. The van der Waals surface area contributed by atoms with Crippen molar-refractivity contribution in [3.63, 3.8) is 0 Å². The van der Waals surface area contributed by atoms with E-state index in [-0.39, 0.29) is 11.9 Å². The number of amides is 1. The number of carbonyl (C=O) groups is 2. The van der Waals surface area contributed by atoms with E-state index in [1.54, 1.807) is 31.4 Å². The first-order valence-electron chi connectivity index (χ1n) is 9.70. The maximum Gasteiger partial charge on any atom is 0.338 e. The van der Waals surface area contributed by atoms with Gasteiger partial charge in [-0.3, -0.25) is 4.79 Å². The average molecular weight is 428 g/mol. The molecule has 1 amide bonds. The number of hydrogen-bond donors (Lipinski definition) is 2. The predicted octanol–water partition coefficient (Wildman–Crippen LogP) is 4.54. The summed E-state index contributed by atoms with van der Waals surface area (Å²) in [5.41, 5.74) is 9.42. The number of hydrogen-bond acceptors (Lipinski definition) is 7. The Morgan fingerprint density at radius 2 is 1.97 bits per heavy atom. The van der Waals surface area contributed by atoms with E-state index in [4.69, 9.17) is 15.2 Å². The molecule has 0 atom stereocenters. The summed E-state index contributed by atoms with van der Waals surface area (Å²) in [5.74, 6) is -0.697. The molecule has 0 spiro atoms. The van der Waals surface area contributed by atoms with Gasteiger partial charge in [-0.05, 0) is 49.2 Å². The van der Waals surface area contributed by atoms with E-state index >= 15 is 0 Å². The SMILES string of the molecule is CCCCOC(=O)c1ccc(NC(=O)c2sc3nc(C)cc(COC)c3c2N)cc1. The lowest BCUT2D eigenvalue weighted by Crippen LogP contribution is -2.12. The van der Waals surface area contributed by atoms with Gasteiger partial charge in [0.1, 0.15) is 9.71 Å². The minimum Gasteiger partial charge on any atom is -0.462 e. The number of aryl methyl sites for hydroxylation is 1. The maximum absolute atomic E-state index is 12.8. The molecule has 7 nitrogen and oxygen atoms in total. The third-order valence-corrected chi connectivity index (χ3v) is 5.62. The quantitative estimate of drug-likeness (QED) is 0.404. The van der Waals surface area contributed by atoms with E-state index in [1.165, 1.54) is 11.3 Å².